The van der Waals surface area contributed by atoms with Crippen LogP contribution in [0.25, 0.3) is 0 Å². The van der Waals surface area contributed by atoms with Crippen molar-refractivity contribution < 1.29 is 28.3 Å². The molecular weight excluding hydrogens is 438 g/mol. The van der Waals surface area contributed by atoms with Gasteiger partial charge in [0.05, 0.1) is 19.3 Å². The summed E-state index contributed by atoms with van der Waals surface area (Å²) in [5.74, 6) is 0.667. The van der Waals surface area contributed by atoms with E-state index in [2.05, 4.69) is 5.32 Å². The van der Waals surface area contributed by atoms with Crippen LogP contribution >= 0.6 is 0 Å². The minimum Gasteiger partial charge on any atom is -0.465 e. The maximum atomic E-state index is 13.4. The summed E-state index contributed by atoms with van der Waals surface area (Å²) >= 11 is 0. The Morgan fingerprint density at radius 3 is 2.53 bits per heavy atom. The molecule has 0 aliphatic carbocycles. The number of amides is 3. The average molecular weight is 472 g/mol. The third kappa shape index (κ3) is 7.91. The molecule has 1 atom stereocenters. The zero-order valence-electron chi connectivity index (χ0n) is 19.8. The molecule has 0 radical (unpaired) electrons. The monoisotopic (exact) mass is 471 g/mol. The van der Waals surface area contributed by atoms with Gasteiger partial charge < -0.3 is 29.0 Å². The zero-order valence-corrected chi connectivity index (χ0v) is 19.8. The van der Waals surface area contributed by atoms with Gasteiger partial charge in [0.15, 0.2) is 0 Å². The number of benzene rings is 1. The van der Waals surface area contributed by atoms with Gasteiger partial charge in [-0.05, 0) is 44.4 Å². The van der Waals surface area contributed by atoms with E-state index in [1.54, 1.807) is 11.8 Å². The van der Waals surface area contributed by atoms with E-state index in [1.807, 2.05) is 49.4 Å². The summed E-state index contributed by atoms with van der Waals surface area (Å²) in [6, 6.07) is 12.8. The number of ether oxygens (including phenoxy) is 2. The van der Waals surface area contributed by atoms with Gasteiger partial charge in [0.2, 0.25) is 5.91 Å². The van der Waals surface area contributed by atoms with E-state index in [9.17, 15) is 14.4 Å². The fourth-order valence-electron chi connectivity index (χ4n) is 3.78. The number of furan rings is 1. The molecule has 1 N–H and O–H groups in total. The Morgan fingerprint density at radius 2 is 1.88 bits per heavy atom. The van der Waals surface area contributed by atoms with Crippen molar-refractivity contribution in [2.75, 3.05) is 32.8 Å². The number of rotatable bonds is 11. The molecule has 0 saturated carbocycles. The summed E-state index contributed by atoms with van der Waals surface area (Å²) in [6.45, 7) is 4.91. The van der Waals surface area contributed by atoms with Gasteiger partial charge in [-0.25, -0.2) is 4.79 Å². The Labute approximate surface area is 200 Å². The Kier molecular flexibility index (Phi) is 9.51. The van der Waals surface area contributed by atoms with Crippen molar-refractivity contribution >= 4 is 17.9 Å². The number of aryl methyl sites for hydroxylation is 1. The predicted molar refractivity (Wildman–Crippen MR) is 125 cm³/mol. The average Bonchev–Trinajstić information content (AvgIpc) is 3.49. The van der Waals surface area contributed by atoms with Crippen LogP contribution in [-0.4, -0.2) is 66.7 Å². The molecule has 1 saturated heterocycles. The second kappa shape index (κ2) is 12.8. The summed E-state index contributed by atoms with van der Waals surface area (Å²) in [7, 11) is 0. The second-order valence-corrected chi connectivity index (χ2v) is 8.23. The van der Waals surface area contributed by atoms with E-state index >= 15 is 0 Å². The third-order valence-corrected chi connectivity index (χ3v) is 5.46. The quantitative estimate of drug-likeness (QED) is 0.506. The molecule has 1 unspecified atom stereocenters. The number of nitrogens with one attached hydrogen (secondary N) is 1. The topological polar surface area (TPSA) is 101 Å². The van der Waals surface area contributed by atoms with Crippen LogP contribution in [0.2, 0.25) is 0 Å². The Morgan fingerprint density at radius 1 is 1.09 bits per heavy atom. The predicted octanol–water partition coefficient (Wildman–Crippen LogP) is 2.87. The molecule has 3 rings (SSSR count). The van der Waals surface area contributed by atoms with Gasteiger partial charge in [-0.1, -0.05) is 30.3 Å². The lowest BCUT2D eigenvalue weighted by Crippen LogP contribution is -2.50. The molecule has 3 amide bonds. The lowest BCUT2D eigenvalue weighted by molar-refractivity contribution is -0.141. The molecule has 9 heteroatoms. The second-order valence-electron chi connectivity index (χ2n) is 8.23. The van der Waals surface area contributed by atoms with Crippen LogP contribution in [0.4, 0.5) is 4.79 Å². The van der Waals surface area contributed by atoms with E-state index in [4.69, 9.17) is 13.9 Å². The van der Waals surface area contributed by atoms with Crippen LogP contribution in [0.15, 0.2) is 46.9 Å². The highest BCUT2D eigenvalue weighted by Crippen LogP contribution is 2.16. The number of urea groups is 1. The molecule has 1 aromatic heterocycles. The zero-order chi connectivity index (χ0) is 24.3. The fourth-order valence-corrected chi connectivity index (χ4v) is 3.78. The highest BCUT2D eigenvalue weighted by molar-refractivity contribution is 5.86. The van der Waals surface area contributed by atoms with Gasteiger partial charge in [0, 0.05) is 19.7 Å². The highest BCUT2D eigenvalue weighted by atomic mass is 16.5. The normalized spacial score (nSPS) is 15.1. The van der Waals surface area contributed by atoms with Crippen molar-refractivity contribution in [3.63, 3.8) is 0 Å². The largest absolute Gasteiger partial charge is 0.465 e. The van der Waals surface area contributed by atoms with Crippen molar-refractivity contribution in [1.82, 2.24) is 15.1 Å². The van der Waals surface area contributed by atoms with E-state index in [0.29, 0.717) is 18.9 Å². The number of carbonyl (C=O) groups excluding carboxylic acids is 3. The first-order valence-electron chi connectivity index (χ1n) is 11.6. The van der Waals surface area contributed by atoms with Gasteiger partial charge in [-0.3, -0.25) is 9.59 Å². The van der Waals surface area contributed by atoms with Gasteiger partial charge in [0.1, 0.15) is 24.6 Å². The molecule has 34 heavy (non-hydrogen) atoms. The SMILES string of the molecule is CCOC(=O)CNC(=O)N(CC(=O)N(Cc1ccccc1)Cc1ccc(C)o1)CC1CCCO1. The molecule has 1 aliphatic rings. The minimum absolute atomic E-state index is 0.142. The standard InChI is InChI=1S/C25H33N3O6/c1-3-32-24(30)14-26-25(31)28(16-21-10-7-13-33-21)18-23(29)27(15-20-8-5-4-6-9-20)17-22-12-11-19(2)34-22/h4-6,8-9,11-12,21H,3,7,10,13-18H2,1-2H3,(H,26,31). The summed E-state index contributed by atoms with van der Waals surface area (Å²) in [5, 5.41) is 2.56. The lowest BCUT2D eigenvalue weighted by atomic mass is 10.2. The van der Waals surface area contributed by atoms with Crippen molar-refractivity contribution in [3.8, 4) is 0 Å². The van der Waals surface area contributed by atoms with Gasteiger partial charge in [-0.2, -0.15) is 0 Å². The summed E-state index contributed by atoms with van der Waals surface area (Å²) in [4.78, 5) is 41.1. The van der Waals surface area contributed by atoms with Gasteiger partial charge >= 0.3 is 12.0 Å². The molecule has 2 aromatic rings. The van der Waals surface area contributed by atoms with Crippen molar-refractivity contribution in [3.05, 3.63) is 59.5 Å². The van der Waals surface area contributed by atoms with Crippen LogP contribution in [0.5, 0.6) is 0 Å². The number of esters is 1. The van der Waals surface area contributed by atoms with Crippen molar-refractivity contribution in [2.24, 2.45) is 0 Å². The lowest BCUT2D eigenvalue weighted by Gasteiger charge is -2.29. The van der Waals surface area contributed by atoms with E-state index in [0.717, 1.165) is 24.2 Å². The maximum absolute atomic E-state index is 13.4. The number of hydrogen-bond acceptors (Lipinski definition) is 6. The van der Waals surface area contributed by atoms with Crippen molar-refractivity contribution in [1.29, 1.82) is 0 Å². The Balaban J connectivity index is 1.71. The maximum Gasteiger partial charge on any atom is 0.325 e. The first-order chi connectivity index (χ1) is 16.4. The van der Waals surface area contributed by atoms with Crippen LogP contribution in [0.3, 0.4) is 0 Å². The molecule has 1 aliphatic heterocycles. The van der Waals surface area contributed by atoms with Gasteiger partial charge in [-0.15, -0.1) is 0 Å². The van der Waals surface area contributed by atoms with E-state index in [1.165, 1.54) is 4.90 Å². The van der Waals surface area contributed by atoms with Crippen LogP contribution in [0.1, 0.15) is 36.8 Å². The Bertz CT molecular complexity index is 939. The molecule has 0 bridgehead atoms. The molecule has 184 valence electrons. The van der Waals surface area contributed by atoms with Crippen molar-refractivity contribution in [2.45, 2.75) is 45.9 Å². The van der Waals surface area contributed by atoms with E-state index < -0.39 is 12.0 Å². The number of nitrogens with zero attached hydrogens (tertiary/aromatic N) is 2. The number of hydrogen-bond donors (Lipinski definition) is 1. The molecule has 1 aromatic carbocycles. The molecule has 2 heterocycles. The minimum atomic E-state index is -0.530. The molecule has 1 fully saturated rings. The van der Waals surface area contributed by atoms with Crippen LogP contribution < -0.4 is 5.32 Å². The summed E-state index contributed by atoms with van der Waals surface area (Å²) in [6.07, 6.45) is 1.58. The van der Waals surface area contributed by atoms with Crippen LogP contribution in [0, 0.1) is 6.92 Å². The summed E-state index contributed by atoms with van der Waals surface area (Å²) < 4.78 is 16.2. The molecular formula is C25H33N3O6. The van der Waals surface area contributed by atoms with E-state index in [-0.39, 0.29) is 44.8 Å². The number of carbonyl (C=O) groups is 3. The first-order valence-corrected chi connectivity index (χ1v) is 11.6. The van der Waals surface area contributed by atoms with Gasteiger partial charge in [0.25, 0.3) is 0 Å². The molecule has 0 spiro atoms. The first kappa shape index (κ1) is 25.3. The fraction of sp³-hybridized carbons (Fsp3) is 0.480. The molecule has 9 nitrogen and oxygen atoms in total. The highest BCUT2D eigenvalue weighted by Gasteiger charge is 2.27. The third-order valence-electron chi connectivity index (χ3n) is 5.46. The Hall–Kier alpha value is -3.33. The summed E-state index contributed by atoms with van der Waals surface area (Å²) in [5.41, 5.74) is 0.969. The van der Waals surface area contributed by atoms with Crippen LogP contribution in [-0.2, 0) is 32.2 Å². The smallest absolute Gasteiger partial charge is 0.325 e.